The van der Waals surface area contributed by atoms with E-state index in [4.69, 9.17) is 32.7 Å². The number of amides is 1. The minimum atomic E-state index is -0.566. The lowest BCUT2D eigenvalue weighted by atomic mass is 10.1. The van der Waals surface area contributed by atoms with Gasteiger partial charge in [0.25, 0.3) is 5.91 Å². The number of ether oxygens (including phenoxy) is 2. The van der Waals surface area contributed by atoms with Gasteiger partial charge in [0.2, 0.25) is 0 Å². The minimum absolute atomic E-state index is 0.0277. The zero-order valence-corrected chi connectivity index (χ0v) is 21.9. The number of esters is 1. The summed E-state index contributed by atoms with van der Waals surface area (Å²) in [5, 5.41) is 3.67. The SMILES string of the molecule is C[n+]1cccc(C(=O)NCCCCCCCCOc2ccc(OC(=O)c3cc(Cl)ccc3Cl)cc2)c1. The number of unbranched alkanes of at least 4 members (excludes halogenated alkanes) is 5. The van der Waals surface area contributed by atoms with Crippen LogP contribution in [0.3, 0.4) is 0 Å². The maximum atomic E-state index is 12.3. The van der Waals surface area contributed by atoms with Crippen LogP contribution in [0.5, 0.6) is 11.5 Å². The van der Waals surface area contributed by atoms with Crippen molar-refractivity contribution in [3.63, 3.8) is 0 Å². The van der Waals surface area contributed by atoms with Crippen LogP contribution in [0, 0.1) is 0 Å². The van der Waals surface area contributed by atoms with Gasteiger partial charge < -0.3 is 14.8 Å². The number of hydrogen-bond acceptors (Lipinski definition) is 4. The van der Waals surface area contributed by atoms with Gasteiger partial charge in [-0.15, -0.1) is 0 Å². The van der Waals surface area contributed by atoms with Crippen molar-refractivity contribution < 1.29 is 23.6 Å². The van der Waals surface area contributed by atoms with Crippen LogP contribution in [0.4, 0.5) is 0 Å². The number of hydrogen-bond donors (Lipinski definition) is 1. The molecule has 0 fully saturated rings. The molecule has 0 saturated heterocycles. The third-order valence-electron chi connectivity index (χ3n) is 5.51. The van der Waals surface area contributed by atoms with Crippen LogP contribution in [0.15, 0.2) is 67.0 Å². The summed E-state index contributed by atoms with van der Waals surface area (Å²) in [7, 11) is 1.90. The lowest BCUT2D eigenvalue weighted by Crippen LogP contribution is -2.31. The molecule has 0 aliphatic carbocycles. The zero-order chi connectivity index (χ0) is 25.8. The van der Waals surface area contributed by atoms with Gasteiger partial charge in [0.1, 0.15) is 24.1 Å². The number of carbonyl (C=O) groups excluding carboxylic acids is 2. The molecule has 0 radical (unpaired) electrons. The molecule has 8 heteroatoms. The Bertz CT molecular complexity index is 1150. The summed E-state index contributed by atoms with van der Waals surface area (Å²) < 4.78 is 13.0. The van der Waals surface area contributed by atoms with E-state index in [2.05, 4.69) is 5.32 Å². The Morgan fingerprint density at radius 2 is 1.58 bits per heavy atom. The van der Waals surface area contributed by atoms with Gasteiger partial charge in [-0.2, -0.15) is 0 Å². The fraction of sp³-hybridized carbons (Fsp3) is 0.321. The molecule has 2 aromatic carbocycles. The van der Waals surface area contributed by atoms with Gasteiger partial charge in [0.05, 0.1) is 17.2 Å². The van der Waals surface area contributed by atoms with Gasteiger partial charge in [0, 0.05) is 17.6 Å². The van der Waals surface area contributed by atoms with Gasteiger partial charge in [0.15, 0.2) is 12.4 Å². The molecule has 36 heavy (non-hydrogen) atoms. The van der Waals surface area contributed by atoms with Crippen LogP contribution >= 0.6 is 23.2 Å². The molecule has 0 aliphatic rings. The molecule has 3 aromatic rings. The average molecular weight is 530 g/mol. The van der Waals surface area contributed by atoms with Gasteiger partial charge in [-0.1, -0.05) is 48.9 Å². The number of carbonyl (C=O) groups is 2. The molecule has 3 rings (SSSR count). The van der Waals surface area contributed by atoms with Gasteiger partial charge in [-0.05, 0) is 61.4 Å². The number of rotatable bonds is 13. The van der Waals surface area contributed by atoms with Crippen LogP contribution in [-0.2, 0) is 7.05 Å². The standard InChI is InChI=1S/C28H30Cl2N2O4/c1-32-17-8-9-21(20-32)27(33)31-16-6-4-2-3-5-7-18-35-23-11-13-24(14-12-23)36-28(34)25-19-22(29)10-15-26(25)30/h8-15,17,19-20H,2-7,16,18H2,1H3/p+1. The molecule has 0 atom stereocenters. The minimum Gasteiger partial charge on any atom is -0.494 e. The van der Waals surface area contributed by atoms with E-state index in [0.29, 0.717) is 29.5 Å². The lowest BCUT2D eigenvalue weighted by molar-refractivity contribution is -0.671. The first-order valence-corrected chi connectivity index (χ1v) is 12.8. The van der Waals surface area contributed by atoms with Crippen molar-refractivity contribution in [3.05, 3.63) is 88.2 Å². The van der Waals surface area contributed by atoms with E-state index in [1.807, 2.05) is 36.1 Å². The second-order valence-corrected chi connectivity index (χ2v) is 9.31. The molecule has 0 unspecified atom stereocenters. The molecule has 1 aromatic heterocycles. The number of pyridine rings is 1. The van der Waals surface area contributed by atoms with Crippen molar-refractivity contribution in [1.29, 1.82) is 0 Å². The maximum absolute atomic E-state index is 12.3. The Morgan fingerprint density at radius 1 is 0.889 bits per heavy atom. The number of nitrogens with one attached hydrogen (secondary N) is 1. The van der Waals surface area contributed by atoms with Crippen molar-refractivity contribution in [2.45, 2.75) is 38.5 Å². The molecule has 190 valence electrons. The second-order valence-electron chi connectivity index (χ2n) is 8.47. The smallest absolute Gasteiger partial charge is 0.345 e. The predicted octanol–water partition coefficient (Wildman–Crippen LogP) is 6.19. The average Bonchev–Trinajstić information content (AvgIpc) is 2.87. The zero-order valence-electron chi connectivity index (χ0n) is 20.3. The Balaban J connectivity index is 1.23. The summed E-state index contributed by atoms with van der Waals surface area (Å²) in [6.07, 6.45) is 10.1. The Labute approximate surface area is 222 Å². The summed E-state index contributed by atoms with van der Waals surface area (Å²) in [5.74, 6) is 0.527. The van der Waals surface area contributed by atoms with E-state index in [9.17, 15) is 9.59 Å². The highest BCUT2D eigenvalue weighted by atomic mass is 35.5. The highest BCUT2D eigenvalue weighted by Crippen LogP contribution is 2.24. The molecule has 1 N–H and O–H groups in total. The predicted molar refractivity (Wildman–Crippen MR) is 141 cm³/mol. The third-order valence-corrected chi connectivity index (χ3v) is 6.07. The van der Waals surface area contributed by atoms with E-state index in [1.165, 1.54) is 6.07 Å². The molecular weight excluding hydrogens is 499 g/mol. The molecule has 0 spiro atoms. The Hall–Kier alpha value is -3.09. The quantitative estimate of drug-likeness (QED) is 0.124. The van der Waals surface area contributed by atoms with Crippen molar-refractivity contribution in [2.24, 2.45) is 7.05 Å². The summed E-state index contributed by atoms with van der Waals surface area (Å²) in [5.41, 5.74) is 0.897. The van der Waals surface area contributed by atoms with E-state index in [0.717, 1.165) is 44.3 Å². The molecule has 1 heterocycles. The van der Waals surface area contributed by atoms with Gasteiger partial charge >= 0.3 is 5.97 Å². The van der Waals surface area contributed by atoms with Gasteiger partial charge in [-0.25, -0.2) is 9.36 Å². The maximum Gasteiger partial charge on any atom is 0.345 e. The highest BCUT2D eigenvalue weighted by Gasteiger charge is 2.14. The van der Waals surface area contributed by atoms with Crippen molar-refractivity contribution in [3.8, 4) is 11.5 Å². The number of nitrogens with zero attached hydrogens (tertiary/aromatic N) is 1. The summed E-state index contributed by atoms with van der Waals surface area (Å²) >= 11 is 12.0. The van der Waals surface area contributed by atoms with Crippen molar-refractivity contribution >= 4 is 35.1 Å². The first kappa shape index (κ1) is 27.5. The van der Waals surface area contributed by atoms with Crippen LogP contribution in [0.25, 0.3) is 0 Å². The molecule has 1 amide bonds. The molecular formula is C28H31Cl2N2O4+. The van der Waals surface area contributed by atoms with E-state index in [-0.39, 0.29) is 16.5 Å². The molecule has 6 nitrogen and oxygen atoms in total. The van der Waals surface area contributed by atoms with Crippen LogP contribution in [0.1, 0.15) is 59.2 Å². The first-order valence-electron chi connectivity index (χ1n) is 12.1. The normalized spacial score (nSPS) is 10.6. The fourth-order valence-electron chi connectivity index (χ4n) is 3.57. The summed E-state index contributed by atoms with van der Waals surface area (Å²) in [6, 6.07) is 15.2. The van der Waals surface area contributed by atoms with E-state index in [1.54, 1.807) is 36.4 Å². The Kier molecular flexibility index (Phi) is 11.0. The molecule has 0 bridgehead atoms. The highest BCUT2D eigenvalue weighted by molar-refractivity contribution is 6.35. The first-order chi connectivity index (χ1) is 17.4. The van der Waals surface area contributed by atoms with Crippen LogP contribution in [-0.4, -0.2) is 25.0 Å². The largest absolute Gasteiger partial charge is 0.494 e. The lowest BCUT2D eigenvalue weighted by Gasteiger charge is -2.09. The summed E-state index contributed by atoms with van der Waals surface area (Å²) in [6.45, 7) is 1.32. The Morgan fingerprint density at radius 3 is 2.33 bits per heavy atom. The van der Waals surface area contributed by atoms with E-state index >= 15 is 0 Å². The van der Waals surface area contributed by atoms with Gasteiger partial charge in [-0.3, -0.25) is 4.79 Å². The monoisotopic (exact) mass is 529 g/mol. The fourth-order valence-corrected chi connectivity index (χ4v) is 3.94. The second kappa shape index (κ2) is 14.5. The molecule has 0 aliphatic heterocycles. The van der Waals surface area contributed by atoms with E-state index < -0.39 is 5.97 Å². The van der Waals surface area contributed by atoms with Crippen LogP contribution in [0.2, 0.25) is 10.0 Å². The van der Waals surface area contributed by atoms with Crippen LogP contribution < -0.4 is 19.4 Å². The molecule has 0 saturated carbocycles. The topological polar surface area (TPSA) is 68.5 Å². The summed E-state index contributed by atoms with van der Waals surface area (Å²) in [4.78, 5) is 24.4. The number of halogens is 2. The van der Waals surface area contributed by atoms with Crippen molar-refractivity contribution in [1.82, 2.24) is 5.32 Å². The number of benzene rings is 2. The number of aromatic nitrogens is 1. The number of aryl methyl sites for hydroxylation is 1. The van der Waals surface area contributed by atoms with Crippen molar-refractivity contribution in [2.75, 3.05) is 13.2 Å². The third kappa shape index (κ3) is 9.17.